The van der Waals surface area contributed by atoms with Gasteiger partial charge in [0, 0.05) is 11.1 Å². The van der Waals surface area contributed by atoms with Crippen LogP contribution in [0.5, 0.6) is 0 Å². The summed E-state index contributed by atoms with van der Waals surface area (Å²) in [7, 11) is 0. The summed E-state index contributed by atoms with van der Waals surface area (Å²) in [6, 6.07) is 17.7. The Balaban J connectivity index is 1.40. The molecular formula is C33H44. The minimum absolute atomic E-state index is 0.942. The molecule has 1 aliphatic carbocycles. The lowest BCUT2D eigenvalue weighted by atomic mass is 9.78. The average molecular weight is 441 g/mol. The van der Waals surface area contributed by atoms with Gasteiger partial charge >= 0.3 is 0 Å². The molecule has 1 fully saturated rings. The highest BCUT2D eigenvalue weighted by Crippen LogP contribution is 2.34. The van der Waals surface area contributed by atoms with E-state index in [1.54, 1.807) is 0 Å². The van der Waals surface area contributed by atoms with Crippen LogP contribution < -0.4 is 0 Å². The third-order valence-electron chi connectivity index (χ3n) is 7.25. The largest absolute Gasteiger partial charge is 0.0885 e. The SMILES string of the molecule is CCC/C=C/CCc1ccc(C#Cc2ccc(CCC3CCC(CCCC)CC3)cc2)cc1. The number of benzene rings is 2. The van der Waals surface area contributed by atoms with E-state index in [9.17, 15) is 0 Å². The molecule has 1 aliphatic rings. The van der Waals surface area contributed by atoms with Crippen LogP contribution in [0.2, 0.25) is 0 Å². The Labute approximate surface area is 203 Å². The van der Waals surface area contributed by atoms with Crippen molar-refractivity contribution in [1.29, 1.82) is 0 Å². The second kappa shape index (κ2) is 14.8. The average Bonchev–Trinajstić information content (AvgIpc) is 2.87. The summed E-state index contributed by atoms with van der Waals surface area (Å²) < 4.78 is 0. The van der Waals surface area contributed by atoms with Gasteiger partial charge in [-0.25, -0.2) is 0 Å². The molecule has 176 valence electrons. The molecule has 0 radical (unpaired) electrons. The van der Waals surface area contributed by atoms with Gasteiger partial charge in [-0.05, 0) is 79.3 Å². The summed E-state index contributed by atoms with van der Waals surface area (Å²) in [5.74, 6) is 8.63. The molecule has 2 aromatic carbocycles. The van der Waals surface area contributed by atoms with Crippen molar-refractivity contribution in [2.45, 2.75) is 97.3 Å². The smallest absolute Gasteiger partial charge is 0.0249 e. The van der Waals surface area contributed by atoms with E-state index in [2.05, 4.69) is 86.4 Å². The second-order valence-corrected chi connectivity index (χ2v) is 10.0. The van der Waals surface area contributed by atoms with Crippen molar-refractivity contribution in [3.8, 4) is 11.8 Å². The van der Waals surface area contributed by atoms with E-state index in [0.717, 1.165) is 35.8 Å². The number of rotatable bonds is 11. The highest BCUT2D eigenvalue weighted by atomic mass is 14.3. The molecule has 2 aromatic rings. The number of aryl methyl sites for hydroxylation is 2. The lowest BCUT2D eigenvalue weighted by Crippen LogP contribution is -2.15. The lowest BCUT2D eigenvalue weighted by Gasteiger charge is -2.28. The summed E-state index contributed by atoms with van der Waals surface area (Å²) in [6.45, 7) is 4.54. The molecule has 0 saturated heterocycles. The van der Waals surface area contributed by atoms with E-state index in [0.29, 0.717) is 0 Å². The van der Waals surface area contributed by atoms with Gasteiger partial charge < -0.3 is 0 Å². The van der Waals surface area contributed by atoms with Crippen molar-refractivity contribution in [2.75, 3.05) is 0 Å². The first-order valence-corrected chi connectivity index (χ1v) is 13.6. The maximum atomic E-state index is 3.34. The minimum Gasteiger partial charge on any atom is -0.0885 e. The molecule has 0 nitrogen and oxygen atoms in total. The molecule has 0 aromatic heterocycles. The third-order valence-corrected chi connectivity index (χ3v) is 7.25. The zero-order valence-corrected chi connectivity index (χ0v) is 21.1. The first-order valence-electron chi connectivity index (χ1n) is 13.6. The van der Waals surface area contributed by atoms with Crippen molar-refractivity contribution in [3.05, 3.63) is 82.9 Å². The molecule has 0 aliphatic heterocycles. The van der Waals surface area contributed by atoms with E-state index in [1.165, 1.54) is 81.8 Å². The molecule has 1 saturated carbocycles. The highest BCUT2D eigenvalue weighted by molar-refractivity contribution is 5.44. The fraction of sp³-hybridized carbons (Fsp3) is 0.515. The van der Waals surface area contributed by atoms with Crippen molar-refractivity contribution < 1.29 is 0 Å². The van der Waals surface area contributed by atoms with Gasteiger partial charge in [-0.15, -0.1) is 0 Å². The number of allylic oxidation sites excluding steroid dienone is 2. The summed E-state index contributed by atoms with van der Waals surface area (Å²) >= 11 is 0. The molecule has 3 rings (SSSR count). The summed E-state index contributed by atoms with van der Waals surface area (Å²) in [6.07, 6.45) is 21.9. The molecule has 0 heterocycles. The van der Waals surface area contributed by atoms with E-state index in [4.69, 9.17) is 0 Å². The Morgan fingerprint density at radius 2 is 1.15 bits per heavy atom. The Bertz CT molecular complexity index is 864. The van der Waals surface area contributed by atoms with Gasteiger partial charge in [0.05, 0.1) is 0 Å². The van der Waals surface area contributed by atoms with Gasteiger partial charge in [0.2, 0.25) is 0 Å². The normalized spacial score (nSPS) is 18.2. The number of hydrogen-bond acceptors (Lipinski definition) is 0. The fourth-order valence-corrected chi connectivity index (χ4v) is 4.98. The van der Waals surface area contributed by atoms with Gasteiger partial charge in [0.15, 0.2) is 0 Å². The van der Waals surface area contributed by atoms with Crippen molar-refractivity contribution >= 4 is 0 Å². The van der Waals surface area contributed by atoms with Crippen LogP contribution in [0.3, 0.4) is 0 Å². The molecular weight excluding hydrogens is 396 g/mol. The van der Waals surface area contributed by atoms with Crippen molar-refractivity contribution in [1.82, 2.24) is 0 Å². The number of hydrogen-bond donors (Lipinski definition) is 0. The molecule has 0 unspecified atom stereocenters. The van der Waals surface area contributed by atoms with E-state index in [-0.39, 0.29) is 0 Å². The third kappa shape index (κ3) is 9.63. The molecule has 0 N–H and O–H groups in total. The van der Waals surface area contributed by atoms with Gasteiger partial charge in [0.1, 0.15) is 0 Å². The standard InChI is InChI=1S/C33H44/c1-3-5-7-8-9-11-29-14-18-31(19-15-29)21-23-33-26-24-32(25-27-33)22-20-30-16-12-28(13-17-30)10-6-4-2/h7-8,14-15,18-19,24-28,30H,3-6,9-13,16-17,20,22H2,1-2H3/b8-7+. The Kier molecular flexibility index (Phi) is 11.4. The van der Waals surface area contributed by atoms with Crippen LogP contribution in [0.25, 0.3) is 0 Å². The lowest BCUT2D eigenvalue weighted by molar-refractivity contribution is 0.250. The maximum Gasteiger partial charge on any atom is 0.0249 e. The van der Waals surface area contributed by atoms with Crippen LogP contribution in [-0.4, -0.2) is 0 Å². The molecule has 0 bridgehead atoms. The van der Waals surface area contributed by atoms with E-state index in [1.807, 2.05) is 0 Å². The second-order valence-electron chi connectivity index (χ2n) is 10.0. The monoisotopic (exact) mass is 440 g/mol. The number of unbranched alkanes of at least 4 members (excludes halogenated alkanes) is 2. The quantitative estimate of drug-likeness (QED) is 0.241. The predicted octanol–water partition coefficient (Wildman–Crippen LogP) is 9.30. The van der Waals surface area contributed by atoms with Gasteiger partial charge in [0.25, 0.3) is 0 Å². The Morgan fingerprint density at radius 3 is 1.70 bits per heavy atom. The zero-order valence-electron chi connectivity index (χ0n) is 21.1. The molecule has 0 heteroatoms. The van der Waals surface area contributed by atoms with Crippen LogP contribution in [0, 0.1) is 23.7 Å². The summed E-state index contributed by atoms with van der Waals surface area (Å²) in [5, 5.41) is 0. The minimum atomic E-state index is 0.942. The first kappa shape index (κ1) is 25.4. The van der Waals surface area contributed by atoms with Crippen molar-refractivity contribution in [3.63, 3.8) is 0 Å². The first-order chi connectivity index (χ1) is 16.3. The van der Waals surface area contributed by atoms with Crippen LogP contribution in [0.4, 0.5) is 0 Å². The molecule has 0 atom stereocenters. The summed E-state index contributed by atoms with van der Waals surface area (Å²) in [4.78, 5) is 0. The highest BCUT2D eigenvalue weighted by Gasteiger charge is 2.20. The van der Waals surface area contributed by atoms with Crippen LogP contribution in [-0.2, 0) is 12.8 Å². The van der Waals surface area contributed by atoms with Gasteiger partial charge in [-0.3, -0.25) is 0 Å². The topological polar surface area (TPSA) is 0 Å². The molecule has 0 spiro atoms. The van der Waals surface area contributed by atoms with Crippen LogP contribution >= 0.6 is 0 Å². The van der Waals surface area contributed by atoms with Gasteiger partial charge in [-0.2, -0.15) is 0 Å². The van der Waals surface area contributed by atoms with Crippen LogP contribution in [0.1, 0.15) is 107 Å². The van der Waals surface area contributed by atoms with Gasteiger partial charge in [-0.1, -0.05) is 113 Å². The Hall–Kier alpha value is -2.26. The van der Waals surface area contributed by atoms with E-state index >= 15 is 0 Å². The zero-order chi connectivity index (χ0) is 23.1. The maximum absolute atomic E-state index is 3.34. The predicted molar refractivity (Wildman–Crippen MR) is 145 cm³/mol. The Morgan fingerprint density at radius 1 is 0.636 bits per heavy atom. The van der Waals surface area contributed by atoms with E-state index < -0.39 is 0 Å². The molecule has 0 amide bonds. The molecule has 33 heavy (non-hydrogen) atoms. The fourth-order valence-electron chi connectivity index (χ4n) is 4.98. The summed E-state index contributed by atoms with van der Waals surface area (Å²) in [5.41, 5.74) is 5.06. The van der Waals surface area contributed by atoms with Crippen molar-refractivity contribution in [2.24, 2.45) is 11.8 Å². The van der Waals surface area contributed by atoms with Crippen LogP contribution in [0.15, 0.2) is 60.7 Å².